The van der Waals surface area contributed by atoms with Gasteiger partial charge in [0.2, 0.25) is 0 Å². The topological polar surface area (TPSA) is 24.1 Å². The van der Waals surface area contributed by atoms with Gasteiger partial charge in [-0.1, -0.05) is 17.7 Å². The molecule has 1 aromatic carbocycles. The van der Waals surface area contributed by atoms with Gasteiger partial charge in [-0.2, -0.15) is 0 Å². The van der Waals surface area contributed by atoms with E-state index >= 15 is 0 Å². The Hall–Kier alpha value is -1.02. The molecule has 1 saturated heterocycles. The maximum absolute atomic E-state index is 3.68. The quantitative estimate of drug-likeness (QED) is 0.837. The number of piperidine rings is 1. The third-order valence-electron chi connectivity index (χ3n) is 3.86. The molecule has 1 aliphatic rings. The number of benzene rings is 1. The zero-order valence-corrected chi connectivity index (χ0v) is 11.2. The highest BCUT2D eigenvalue weighted by molar-refractivity contribution is 5.52. The smallest absolute Gasteiger partial charge is 0.0372 e. The molecule has 0 bridgehead atoms. The summed E-state index contributed by atoms with van der Waals surface area (Å²) in [5.74, 6) is 0.803. The summed E-state index contributed by atoms with van der Waals surface area (Å²) in [5.41, 5.74) is 3.98. The van der Waals surface area contributed by atoms with Gasteiger partial charge in [0.25, 0.3) is 0 Å². The second kappa shape index (κ2) is 5.54. The zero-order chi connectivity index (χ0) is 12.3. The van der Waals surface area contributed by atoms with Crippen molar-refractivity contribution in [3.8, 4) is 0 Å². The van der Waals surface area contributed by atoms with E-state index < -0.39 is 0 Å². The van der Waals surface area contributed by atoms with Gasteiger partial charge in [-0.05, 0) is 64.3 Å². The van der Waals surface area contributed by atoms with E-state index in [1.807, 2.05) is 0 Å². The Labute approximate surface area is 105 Å². The first-order chi connectivity index (χ1) is 8.16. The van der Waals surface area contributed by atoms with Crippen LogP contribution in [0.25, 0.3) is 0 Å². The second-order valence-electron chi connectivity index (χ2n) is 5.34. The molecule has 0 saturated carbocycles. The summed E-state index contributed by atoms with van der Waals surface area (Å²) in [6.07, 6.45) is 2.58. The standard InChI is InChI=1S/C15H24N2/c1-11-4-5-15(12(2)10-11)17-13(3)14-6-8-16-9-7-14/h4-5,10,13-14,16-17H,6-9H2,1-3H3. The van der Waals surface area contributed by atoms with Crippen LogP contribution < -0.4 is 10.6 Å². The Morgan fingerprint density at radius 1 is 1.24 bits per heavy atom. The van der Waals surface area contributed by atoms with Crippen molar-refractivity contribution in [2.24, 2.45) is 5.92 Å². The van der Waals surface area contributed by atoms with Crippen molar-refractivity contribution in [2.45, 2.75) is 39.7 Å². The van der Waals surface area contributed by atoms with E-state index in [0.29, 0.717) is 6.04 Å². The number of rotatable bonds is 3. The number of nitrogens with one attached hydrogen (secondary N) is 2. The molecule has 1 aliphatic heterocycles. The van der Waals surface area contributed by atoms with Crippen LogP contribution in [-0.2, 0) is 0 Å². The lowest BCUT2D eigenvalue weighted by Crippen LogP contribution is -2.36. The van der Waals surface area contributed by atoms with E-state index in [-0.39, 0.29) is 0 Å². The van der Waals surface area contributed by atoms with Crippen molar-refractivity contribution >= 4 is 5.69 Å². The summed E-state index contributed by atoms with van der Waals surface area (Å²) in [6, 6.07) is 7.21. The predicted molar refractivity (Wildman–Crippen MR) is 74.6 cm³/mol. The fourth-order valence-corrected chi connectivity index (χ4v) is 2.68. The van der Waals surface area contributed by atoms with Gasteiger partial charge >= 0.3 is 0 Å². The van der Waals surface area contributed by atoms with Gasteiger partial charge < -0.3 is 10.6 Å². The van der Waals surface area contributed by atoms with Gasteiger partial charge in [-0.15, -0.1) is 0 Å². The lowest BCUT2D eigenvalue weighted by atomic mass is 9.91. The zero-order valence-electron chi connectivity index (χ0n) is 11.2. The Morgan fingerprint density at radius 2 is 1.94 bits per heavy atom. The van der Waals surface area contributed by atoms with Crippen LogP contribution >= 0.6 is 0 Å². The molecular weight excluding hydrogens is 208 g/mol. The van der Waals surface area contributed by atoms with Crippen molar-refractivity contribution in [3.05, 3.63) is 29.3 Å². The molecule has 0 aromatic heterocycles. The van der Waals surface area contributed by atoms with Gasteiger partial charge in [-0.25, -0.2) is 0 Å². The van der Waals surface area contributed by atoms with Gasteiger partial charge in [0, 0.05) is 11.7 Å². The molecule has 1 aromatic rings. The summed E-state index contributed by atoms with van der Waals surface area (Å²) in [4.78, 5) is 0. The SMILES string of the molecule is Cc1ccc(NC(C)C2CCNCC2)c(C)c1. The molecule has 2 rings (SSSR count). The molecule has 0 spiro atoms. The second-order valence-corrected chi connectivity index (χ2v) is 5.34. The summed E-state index contributed by atoms with van der Waals surface area (Å²) in [7, 11) is 0. The third-order valence-corrected chi connectivity index (χ3v) is 3.86. The van der Waals surface area contributed by atoms with Crippen LogP contribution in [0.1, 0.15) is 30.9 Å². The van der Waals surface area contributed by atoms with Crippen molar-refractivity contribution in [2.75, 3.05) is 18.4 Å². The molecule has 0 amide bonds. The fraction of sp³-hybridized carbons (Fsp3) is 0.600. The van der Waals surface area contributed by atoms with E-state index in [2.05, 4.69) is 49.6 Å². The van der Waals surface area contributed by atoms with Crippen LogP contribution in [0.15, 0.2) is 18.2 Å². The molecule has 2 N–H and O–H groups in total. The minimum Gasteiger partial charge on any atom is -0.382 e. The summed E-state index contributed by atoms with van der Waals surface area (Å²) in [5, 5.41) is 7.10. The largest absolute Gasteiger partial charge is 0.382 e. The Balaban J connectivity index is 1.99. The summed E-state index contributed by atoms with van der Waals surface area (Å²) < 4.78 is 0. The van der Waals surface area contributed by atoms with Crippen molar-refractivity contribution < 1.29 is 0 Å². The first-order valence-corrected chi connectivity index (χ1v) is 6.71. The Bertz CT molecular complexity index is 367. The van der Waals surface area contributed by atoms with E-state index in [4.69, 9.17) is 0 Å². The molecule has 1 heterocycles. The maximum Gasteiger partial charge on any atom is 0.0372 e. The lowest BCUT2D eigenvalue weighted by Gasteiger charge is -2.30. The van der Waals surface area contributed by atoms with Crippen LogP contribution in [0, 0.1) is 19.8 Å². The molecular formula is C15H24N2. The lowest BCUT2D eigenvalue weighted by molar-refractivity contribution is 0.343. The fourth-order valence-electron chi connectivity index (χ4n) is 2.68. The van der Waals surface area contributed by atoms with Gasteiger partial charge in [0.1, 0.15) is 0 Å². The number of hydrogen-bond donors (Lipinski definition) is 2. The van der Waals surface area contributed by atoms with E-state index in [1.165, 1.54) is 42.7 Å². The average molecular weight is 232 g/mol. The highest BCUT2D eigenvalue weighted by Gasteiger charge is 2.19. The van der Waals surface area contributed by atoms with Crippen LogP contribution in [0.3, 0.4) is 0 Å². The first kappa shape index (κ1) is 12.4. The first-order valence-electron chi connectivity index (χ1n) is 6.71. The molecule has 1 atom stereocenters. The maximum atomic E-state index is 3.68. The molecule has 17 heavy (non-hydrogen) atoms. The average Bonchev–Trinajstić information content (AvgIpc) is 2.34. The van der Waals surface area contributed by atoms with Crippen molar-refractivity contribution in [1.29, 1.82) is 0 Å². The molecule has 2 nitrogen and oxygen atoms in total. The normalized spacial score (nSPS) is 19.0. The highest BCUT2D eigenvalue weighted by atomic mass is 14.9. The predicted octanol–water partition coefficient (Wildman–Crippen LogP) is 3.10. The Morgan fingerprint density at radius 3 is 2.59 bits per heavy atom. The third kappa shape index (κ3) is 3.22. The van der Waals surface area contributed by atoms with Crippen molar-refractivity contribution in [1.82, 2.24) is 5.32 Å². The van der Waals surface area contributed by atoms with Gasteiger partial charge in [0.05, 0.1) is 0 Å². The van der Waals surface area contributed by atoms with Crippen LogP contribution in [0.5, 0.6) is 0 Å². The number of anilines is 1. The summed E-state index contributed by atoms with van der Waals surface area (Å²) >= 11 is 0. The van der Waals surface area contributed by atoms with E-state index in [1.54, 1.807) is 0 Å². The Kier molecular flexibility index (Phi) is 4.06. The number of hydrogen-bond acceptors (Lipinski definition) is 2. The van der Waals surface area contributed by atoms with E-state index in [0.717, 1.165) is 5.92 Å². The number of aryl methyl sites for hydroxylation is 2. The van der Waals surface area contributed by atoms with Crippen molar-refractivity contribution in [3.63, 3.8) is 0 Å². The van der Waals surface area contributed by atoms with E-state index in [9.17, 15) is 0 Å². The molecule has 0 radical (unpaired) electrons. The summed E-state index contributed by atoms with van der Waals surface area (Å²) in [6.45, 7) is 8.99. The monoisotopic (exact) mass is 232 g/mol. The van der Waals surface area contributed by atoms with Gasteiger partial charge in [-0.3, -0.25) is 0 Å². The minimum atomic E-state index is 0.568. The van der Waals surface area contributed by atoms with Gasteiger partial charge in [0.15, 0.2) is 0 Å². The highest BCUT2D eigenvalue weighted by Crippen LogP contribution is 2.22. The van der Waals surface area contributed by atoms with Crippen LogP contribution in [0.2, 0.25) is 0 Å². The molecule has 2 heteroatoms. The van der Waals surface area contributed by atoms with Crippen LogP contribution in [-0.4, -0.2) is 19.1 Å². The minimum absolute atomic E-state index is 0.568. The molecule has 1 unspecified atom stereocenters. The molecule has 94 valence electrons. The molecule has 1 fully saturated rings. The molecule has 0 aliphatic carbocycles. The van der Waals surface area contributed by atoms with Crippen LogP contribution in [0.4, 0.5) is 5.69 Å².